The zero-order valence-corrected chi connectivity index (χ0v) is 11.7. The second-order valence-corrected chi connectivity index (χ2v) is 4.52. The van der Waals surface area contributed by atoms with E-state index in [2.05, 4.69) is 0 Å². The van der Waals surface area contributed by atoms with E-state index in [1.165, 1.54) is 13.0 Å². The number of ether oxygens (including phenoxy) is 1. The molecular weight excluding hydrogens is 311 g/mol. The van der Waals surface area contributed by atoms with Crippen molar-refractivity contribution in [1.82, 2.24) is 0 Å². The molecule has 0 amide bonds. The van der Waals surface area contributed by atoms with Crippen LogP contribution in [0.5, 0.6) is 5.75 Å². The summed E-state index contributed by atoms with van der Waals surface area (Å²) in [6, 6.07) is 5.94. The van der Waals surface area contributed by atoms with Crippen molar-refractivity contribution in [3.8, 4) is 5.75 Å². The predicted molar refractivity (Wildman–Crippen MR) is 75.8 cm³/mol. The second kappa shape index (κ2) is 6.18. The van der Waals surface area contributed by atoms with Gasteiger partial charge in [0.1, 0.15) is 5.82 Å². The van der Waals surface area contributed by atoms with Crippen LogP contribution in [0.1, 0.15) is 15.9 Å². The van der Waals surface area contributed by atoms with Crippen LogP contribution in [0.3, 0.4) is 0 Å². The SMILES string of the molecule is Cc1cc(C(=O)Oc2cc(F)ccc2[N+](=O)[O-])ccc1[N+](=O)[O-]. The van der Waals surface area contributed by atoms with Gasteiger partial charge in [0.2, 0.25) is 5.75 Å². The number of carbonyl (C=O) groups is 1. The minimum absolute atomic E-state index is 0.0494. The number of nitrogens with zero attached hydrogens (tertiary/aromatic N) is 2. The summed E-state index contributed by atoms with van der Waals surface area (Å²) in [6.45, 7) is 1.43. The van der Waals surface area contributed by atoms with E-state index in [1.807, 2.05) is 0 Å². The molecule has 0 aliphatic rings. The van der Waals surface area contributed by atoms with Crippen molar-refractivity contribution < 1.29 is 23.8 Å². The van der Waals surface area contributed by atoms with Crippen LogP contribution < -0.4 is 4.74 Å². The van der Waals surface area contributed by atoms with Gasteiger partial charge >= 0.3 is 11.7 Å². The van der Waals surface area contributed by atoms with Crippen LogP contribution in [0.4, 0.5) is 15.8 Å². The molecule has 0 fully saturated rings. The van der Waals surface area contributed by atoms with Gasteiger partial charge in [-0.2, -0.15) is 0 Å². The molecule has 0 aromatic heterocycles. The Kier molecular flexibility index (Phi) is 4.30. The number of halogens is 1. The first kappa shape index (κ1) is 16.0. The number of hydrogen-bond donors (Lipinski definition) is 0. The average molecular weight is 320 g/mol. The summed E-state index contributed by atoms with van der Waals surface area (Å²) in [5.41, 5.74) is -0.582. The lowest BCUT2D eigenvalue weighted by atomic mass is 10.1. The van der Waals surface area contributed by atoms with Crippen molar-refractivity contribution >= 4 is 17.3 Å². The van der Waals surface area contributed by atoms with Crippen LogP contribution in [0.15, 0.2) is 36.4 Å². The molecule has 0 saturated carbocycles. The van der Waals surface area contributed by atoms with E-state index < -0.39 is 33.1 Å². The Hall–Kier alpha value is -3.36. The predicted octanol–water partition coefficient (Wildman–Crippen LogP) is 3.17. The van der Waals surface area contributed by atoms with Gasteiger partial charge in [0.25, 0.3) is 5.69 Å². The van der Waals surface area contributed by atoms with Crippen molar-refractivity contribution in [2.24, 2.45) is 0 Å². The Morgan fingerprint density at radius 3 is 2.22 bits per heavy atom. The van der Waals surface area contributed by atoms with Gasteiger partial charge in [-0.15, -0.1) is 0 Å². The molecule has 2 aromatic carbocycles. The Morgan fingerprint density at radius 2 is 1.65 bits per heavy atom. The minimum Gasteiger partial charge on any atom is -0.415 e. The van der Waals surface area contributed by atoms with Crippen LogP contribution >= 0.6 is 0 Å². The number of esters is 1. The zero-order valence-electron chi connectivity index (χ0n) is 11.7. The van der Waals surface area contributed by atoms with Crippen molar-refractivity contribution in [3.05, 3.63) is 73.6 Å². The van der Waals surface area contributed by atoms with Gasteiger partial charge in [0.05, 0.1) is 15.4 Å². The minimum atomic E-state index is -0.989. The Morgan fingerprint density at radius 1 is 1.04 bits per heavy atom. The van der Waals surface area contributed by atoms with E-state index in [4.69, 9.17) is 4.74 Å². The molecule has 118 valence electrons. The summed E-state index contributed by atoms with van der Waals surface area (Å²) in [4.78, 5) is 32.1. The summed E-state index contributed by atoms with van der Waals surface area (Å²) < 4.78 is 18.0. The molecule has 0 bridgehead atoms. The topological polar surface area (TPSA) is 113 Å². The van der Waals surface area contributed by atoms with Gasteiger partial charge in [-0.25, -0.2) is 9.18 Å². The average Bonchev–Trinajstić information content (AvgIpc) is 2.46. The lowest BCUT2D eigenvalue weighted by Crippen LogP contribution is -2.10. The molecule has 0 heterocycles. The zero-order chi connectivity index (χ0) is 17.1. The fourth-order valence-electron chi connectivity index (χ4n) is 1.87. The highest BCUT2D eigenvalue weighted by Gasteiger charge is 2.21. The molecule has 9 heteroatoms. The van der Waals surface area contributed by atoms with Gasteiger partial charge in [0, 0.05) is 23.8 Å². The molecule has 0 unspecified atom stereocenters. The Bertz CT molecular complexity index is 821. The van der Waals surface area contributed by atoms with E-state index in [0.717, 1.165) is 24.3 Å². The van der Waals surface area contributed by atoms with Crippen LogP contribution in [-0.2, 0) is 0 Å². The normalized spacial score (nSPS) is 10.2. The molecule has 0 saturated heterocycles. The number of nitro groups is 2. The highest BCUT2D eigenvalue weighted by molar-refractivity contribution is 5.92. The van der Waals surface area contributed by atoms with Crippen LogP contribution in [0.25, 0.3) is 0 Å². The third kappa shape index (κ3) is 3.46. The maximum absolute atomic E-state index is 13.2. The van der Waals surface area contributed by atoms with Gasteiger partial charge in [0.15, 0.2) is 0 Å². The van der Waals surface area contributed by atoms with E-state index in [0.29, 0.717) is 6.07 Å². The molecular formula is C14H9FN2O6. The lowest BCUT2D eigenvalue weighted by Gasteiger charge is -2.06. The van der Waals surface area contributed by atoms with E-state index in [-0.39, 0.29) is 16.8 Å². The molecule has 23 heavy (non-hydrogen) atoms. The van der Waals surface area contributed by atoms with Crippen molar-refractivity contribution in [3.63, 3.8) is 0 Å². The summed E-state index contributed by atoms with van der Waals surface area (Å²) in [5, 5.41) is 21.6. The van der Waals surface area contributed by atoms with Crippen molar-refractivity contribution in [2.45, 2.75) is 6.92 Å². The summed E-state index contributed by atoms with van der Waals surface area (Å²) >= 11 is 0. The molecule has 8 nitrogen and oxygen atoms in total. The highest BCUT2D eigenvalue weighted by Crippen LogP contribution is 2.28. The van der Waals surface area contributed by atoms with Crippen LogP contribution in [0.2, 0.25) is 0 Å². The first-order valence-corrected chi connectivity index (χ1v) is 6.20. The standard InChI is InChI=1S/C14H9FN2O6/c1-8-6-9(2-4-11(8)16(19)20)14(18)23-13-7-10(15)3-5-12(13)17(21)22/h2-7H,1H3. The van der Waals surface area contributed by atoms with Crippen LogP contribution in [0, 0.1) is 33.0 Å². The third-order valence-corrected chi connectivity index (χ3v) is 2.95. The van der Waals surface area contributed by atoms with Gasteiger partial charge in [-0.1, -0.05) is 0 Å². The monoisotopic (exact) mass is 320 g/mol. The lowest BCUT2D eigenvalue weighted by molar-refractivity contribution is -0.385. The Labute approximate surface area is 128 Å². The van der Waals surface area contributed by atoms with E-state index in [1.54, 1.807) is 0 Å². The molecule has 2 rings (SSSR count). The van der Waals surface area contributed by atoms with E-state index in [9.17, 15) is 29.4 Å². The van der Waals surface area contributed by atoms with Crippen molar-refractivity contribution in [2.75, 3.05) is 0 Å². The summed E-state index contributed by atoms with van der Waals surface area (Å²) in [5.74, 6) is -2.34. The maximum atomic E-state index is 13.2. The second-order valence-electron chi connectivity index (χ2n) is 4.52. The molecule has 2 aromatic rings. The molecule has 0 atom stereocenters. The number of nitro benzene ring substituents is 2. The Balaban J connectivity index is 2.33. The number of benzene rings is 2. The fraction of sp³-hybridized carbons (Fsp3) is 0.0714. The van der Waals surface area contributed by atoms with Crippen molar-refractivity contribution in [1.29, 1.82) is 0 Å². The number of rotatable bonds is 4. The first-order valence-electron chi connectivity index (χ1n) is 6.20. The number of carbonyl (C=O) groups excluding carboxylic acids is 1. The first-order chi connectivity index (χ1) is 10.8. The molecule has 0 radical (unpaired) electrons. The molecule has 0 aliphatic heterocycles. The third-order valence-electron chi connectivity index (χ3n) is 2.95. The summed E-state index contributed by atoms with van der Waals surface area (Å²) in [7, 11) is 0. The molecule has 0 aliphatic carbocycles. The van der Waals surface area contributed by atoms with E-state index >= 15 is 0 Å². The van der Waals surface area contributed by atoms with Gasteiger partial charge in [-0.3, -0.25) is 20.2 Å². The molecule has 0 spiro atoms. The maximum Gasteiger partial charge on any atom is 0.343 e. The number of aryl methyl sites for hydroxylation is 1. The summed E-state index contributed by atoms with van der Waals surface area (Å²) in [6.07, 6.45) is 0. The molecule has 0 N–H and O–H groups in total. The van der Waals surface area contributed by atoms with Gasteiger partial charge < -0.3 is 4.74 Å². The van der Waals surface area contributed by atoms with Crippen LogP contribution in [-0.4, -0.2) is 15.8 Å². The largest absolute Gasteiger partial charge is 0.415 e. The fourth-order valence-corrected chi connectivity index (χ4v) is 1.87. The van der Waals surface area contributed by atoms with Gasteiger partial charge in [-0.05, 0) is 25.1 Å². The quantitative estimate of drug-likeness (QED) is 0.370. The smallest absolute Gasteiger partial charge is 0.343 e. The number of hydrogen-bond acceptors (Lipinski definition) is 6. The highest BCUT2D eigenvalue weighted by atomic mass is 19.1.